The highest BCUT2D eigenvalue weighted by atomic mass is 127. The Morgan fingerprint density at radius 3 is 2.45 bits per heavy atom. The van der Waals surface area contributed by atoms with Gasteiger partial charge in [-0.3, -0.25) is 0 Å². The van der Waals surface area contributed by atoms with E-state index in [1.54, 1.807) is 0 Å². The number of aromatic nitrogens is 2. The Labute approximate surface area is 129 Å². The van der Waals surface area contributed by atoms with Gasteiger partial charge in [0.2, 0.25) is 5.89 Å². The highest BCUT2D eigenvalue weighted by Gasteiger charge is 2.10. The zero-order valence-electron chi connectivity index (χ0n) is 10.5. The Bertz CT molecular complexity index is 761. The average molecular weight is 378 g/mol. The molecular weight excluding hydrogens is 367 g/mol. The monoisotopic (exact) mass is 378 g/mol. The summed E-state index contributed by atoms with van der Waals surface area (Å²) in [6.07, 6.45) is 0. The summed E-state index contributed by atoms with van der Waals surface area (Å²) in [4.78, 5) is 11.8. The second kappa shape index (κ2) is 5.62. The van der Waals surface area contributed by atoms with Crippen LogP contribution in [0.25, 0.3) is 11.5 Å². The number of benzene rings is 2. The van der Waals surface area contributed by atoms with Gasteiger partial charge in [-0.05, 0) is 52.4 Å². The topological polar surface area (TPSA) is 48.0 Å². The van der Waals surface area contributed by atoms with Crippen LogP contribution in [0.4, 0.5) is 0 Å². The van der Waals surface area contributed by atoms with Gasteiger partial charge in [-0.25, -0.2) is 4.79 Å². The Morgan fingerprint density at radius 2 is 1.75 bits per heavy atom. The highest BCUT2D eigenvalue weighted by Crippen LogP contribution is 2.17. The predicted octanol–water partition coefficient (Wildman–Crippen LogP) is 3.16. The Kier molecular flexibility index (Phi) is 3.68. The summed E-state index contributed by atoms with van der Waals surface area (Å²) in [5.41, 5.74) is 1.81. The highest BCUT2D eigenvalue weighted by molar-refractivity contribution is 14.1. The fourth-order valence-electron chi connectivity index (χ4n) is 1.87. The molecule has 0 amide bonds. The molecule has 2 aromatic carbocycles. The van der Waals surface area contributed by atoms with E-state index in [4.69, 9.17) is 4.42 Å². The molecule has 0 fully saturated rings. The predicted molar refractivity (Wildman–Crippen MR) is 84.5 cm³/mol. The molecule has 0 bridgehead atoms. The maximum absolute atomic E-state index is 11.8. The van der Waals surface area contributed by atoms with Crippen LogP contribution in [0.5, 0.6) is 0 Å². The number of halogens is 1. The molecule has 0 spiro atoms. The van der Waals surface area contributed by atoms with Crippen LogP contribution in [0, 0.1) is 3.57 Å². The molecule has 3 rings (SSSR count). The van der Waals surface area contributed by atoms with Gasteiger partial charge in [-0.2, -0.15) is 4.68 Å². The maximum atomic E-state index is 11.8. The summed E-state index contributed by atoms with van der Waals surface area (Å²) >= 11 is 2.22. The average Bonchev–Trinajstić information content (AvgIpc) is 2.82. The van der Waals surface area contributed by atoms with Crippen LogP contribution in [-0.4, -0.2) is 9.78 Å². The lowest BCUT2D eigenvalue weighted by molar-refractivity contribution is 0.495. The van der Waals surface area contributed by atoms with Crippen molar-refractivity contribution in [1.82, 2.24) is 9.78 Å². The molecular formula is C15H11IN2O2. The fraction of sp³-hybridized carbons (Fsp3) is 0.0667. The number of rotatable bonds is 3. The first-order valence-corrected chi connectivity index (χ1v) is 7.18. The minimum atomic E-state index is -0.442. The molecule has 1 aromatic heterocycles. The van der Waals surface area contributed by atoms with Crippen LogP contribution in [0.2, 0.25) is 0 Å². The SMILES string of the molecule is O=c1oc(-c2ccc(I)cc2)nn1Cc1ccccc1. The van der Waals surface area contributed by atoms with E-state index < -0.39 is 5.76 Å². The van der Waals surface area contributed by atoms with Gasteiger partial charge in [0.1, 0.15) is 0 Å². The van der Waals surface area contributed by atoms with Gasteiger partial charge < -0.3 is 4.42 Å². The third-order valence-electron chi connectivity index (χ3n) is 2.87. The van der Waals surface area contributed by atoms with E-state index in [0.29, 0.717) is 12.4 Å². The lowest BCUT2D eigenvalue weighted by Crippen LogP contribution is -2.16. The van der Waals surface area contributed by atoms with Crippen LogP contribution >= 0.6 is 22.6 Å². The van der Waals surface area contributed by atoms with E-state index in [-0.39, 0.29) is 0 Å². The summed E-state index contributed by atoms with van der Waals surface area (Å²) in [7, 11) is 0. The fourth-order valence-corrected chi connectivity index (χ4v) is 2.23. The van der Waals surface area contributed by atoms with Crippen LogP contribution in [0.1, 0.15) is 5.56 Å². The number of nitrogens with zero attached hydrogens (tertiary/aromatic N) is 2. The molecule has 20 heavy (non-hydrogen) atoms. The third-order valence-corrected chi connectivity index (χ3v) is 3.59. The summed E-state index contributed by atoms with van der Waals surface area (Å²) in [6, 6.07) is 17.4. The van der Waals surface area contributed by atoms with Gasteiger partial charge in [0, 0.05) is 9.13 Å². The Balaban J connectivity index is 1.91. The zero-order valence-corrected chi connectivity index (χ0v) is 12.6. The van der Waals surface area contributed by atoms with Crippen molar-refractivity contribution >= 4 is 22.6 Å². The Hall–Kier alpha value is -1.89. The lowest BCUT2D eigenvalue weighted by atomic mass is 10.2. The van der Waals surface area contributed by atoms with Crippen molar-refractivity contribution in [1.29, 1.82) is 0 Å². The number of hydrogen-bond acceptors (Lipinski definition) is 3. The lowest BCUT2D eigenvalue weighted by Gasteiger charge is -1.98. The maximum Gasteiger partial charge on any atom is 0.437 e. The van der Waals surface area contributed by atoms with Gasteiger partial charge in [0.05, 0.1) is 6.54 Å². The second-order valence-corrected chi connectivity index (χ2v) is 5.57. The quantitative estimate of drug-likeness (QED) is 0.658. The minimum absolute atomic E-state index is 0.349. The van der Waals surface area contributed by atoms with Crippen LogP contribution in [-0.2, 0) is 6.54 Å². The van der Waals surface area contributed by atoms with Crippen LogP contribution < -0.4 is 5.76 Å². The van der Waals surface area contributed by atoms with E-state index in [1.807, 2.05) is 54.6 Å². The first-order valence-electron chi connectivity index (χ1n) is 6.10. The van der Waals surface area contributed by atoms with Crippen LogP contribution in [0.15, 0.2) is 63.8 Å². The van der Waals surface area contributed by atoms with Crippen molar-refractivity contribution in [2.45, 2.75) is 6.54 Å². The molecule has 0 aliphatic heterocycles. The van der Waals surface area contributed by atoms with E-state index in [2.05, 4.69) is 27.7 Å². The molecule has 0 aliphatic rings. The smallest absolute Gasteiger partial charge is 0.388 e. The summed E-state index contributed by atoms with van der Waals surface area (Å²) in [5, 5.41) is 4.24. The second-order valence-electron chi connectivity index (χ2n) is 4.32. The van der Waals surface area contributed by atoms with Crippen molar-refractivity contribution in [3.63, 3.8) is 0 Å². The standard InChI is InChI=1S/C15H11IN2O2/c16-13-8-6-12(7-9-13)14-17-18(15(19)20-14)10-11-4-2-1-3-5-11/h1-9H,10H2. The molecule has 0 unspecified atom stereocenters. The molecule has 100 valence electrons. The molecule has 0 atom stereocenters. The Morgan fingerprint density at radius 1 is 1.05 bits per heavy atom. The molecule has 0 N–H and O–H groups in total. The molecule has 0 aliphatic carbocycles. The molecule has 5 heteroatoms. The molecule has 0 saturated carbocycles. The molecule has 0 saturated heterocycles. The van der Waals surface area contributed by atoms with Crippen molar-refractivity contribution < 1.29 is 4.42 Å². The van der Waals surface area contributed by atoms with Gasteiger partial charge in [-0.15, -0.1) is 5.10 Å². The van der Waals surface area contributed by atoms with Gasteiger partial charge in [0.25, 0.3) is 0 Å². The van der Waals surface area contributed by atoms with E-state index in [1.165, 1.54) is 4.68 Å². The zero-order chi connectivity index (χ0) is 13.9. The van der Waals surface area contributed by atoms with Crippen molar-refractivity contribution in [3.8, 4) is 11.5 Å². The molecule has 0 radical (unpaired) electrons. The third kappa shape index (κ3) is 2.82. The molecule has 1 heterocycles. The van der Waals surface area contributed by atoms with Crippen molar-refractivity contribution in [2.24, 2.45) is 0 Å². The van der Waals surface area contributed by atoms with Gasteiger partial charge in [0.15, 0.2) is 0 Å². The minimum Gasteiger partial charge on any atom is -0.388 e. The van der Waals surface area contributed by atoms with E-state index in [0.717, 1.165) is 14.7 Å². The summed E-state index contributed by atoms with van der Waals surface area (Å²) < 4.78 is 7.67. The van der Waals surface area contributed by atoms with Crippen LogP contribution in [0.3, 0.4) is 0 Å². The van der Waals surface area contributed by atoms with Gasteiger partial charge >= 0.3 is 5.76 Å². The van der Waals surface area contributed by atoms with E-state index in [9.17, 15) is 4.79 Å². The largest absolute Gasteiger partial charge is 0.437 e. The molecule has 4 nitrogen and oxygen atoms in total. The molecule has 3 aromatic rings. The summed E-state index contributed by atoms with van der Waals surface area (Å²) in [6.45, 7) is 0.410. The normalized spacial score (nSPS) is 10.7. The van der Waals surface area contributed by atoms with E-state index >= 15 is 0 Å². The first kappa shape index (κ1) is 13.1. The van der Waals surface area contributed by atoms with Gasteiger partial charge in [-0.1, -0.05) is 30.3 Å². The first-order chi connectivity index (χ1) is 9.72. The summed E-state index contributed by atoms with van der Waals surface area (Å²) in [5.74, 6) is -0.0928. The number of hydrogen-bond donors (Lipinski definition) is 0. The van der Waals surface area contributed by atoms with Crippen molar-refractivity contribution in [2.75, 3.05) is 0 Å². The van der Waals surface area contributed by atoms with Crippen molar-refractivity contribution in [3.05, 3.63) is 74.3 Å².